The molecule has 2 unspecified atom stereocenters. The summed E-state index contributed by atoms with van der Waals surface area (Å²) in [5, 5.41) is 0. The van der Waals surface area contributed by atoms with Crippen LogP contribution in [0.5, 0.6) is 0 Å². The van der Waals surface area contributed by atoms with Crippen molar-refractivity contribution in [1.29, 1.82) is 0 Å². The van der Waals surface area contributed by atoms with Crippen LogP contribution in [-0.4, -0.2) is 3.71 Å². The first-order valence-corrected chi connectivity index (χ1v) is 27.1. The van der Waals surface area contributed by atoms with Crippen molar-refractivity contribution < 1.29 is 42.3 Å². The van der Waals surface area contributed by atoms with Gasteiger partial charge in [0.1, 0.15) is 0 Å². The Morgan fingerprint density at radius 3 is 1.27 bits per heavy atom. The second-order valence-electron chi connectivity index (χ2n) is 13.1. The number of alkyl halides is 6. The zero-order valence-corrected chi connectivity index (χ0v) is 31.3. The van der Waals surface area contributed by atoms with Crippen LogP contribution >= 0.6 is 17.0 Å². The quantitative estimate of drug-likeness (QED) is 0.156. The van der Waals surface area contributed by atoms with E-state index in [1.165, 1.54) is 24.3 Å². The molecule has 0 amide bonds. The Balaban J connectivity index is 1.52. The van der Waals surface area contributed by atoms with Crippen LogP contribution in [0.4, 0.5) is 26.3 Å². The van der Waals surface area contributed by atoms with Crippen LogP contribution in [0, 0.1) is 0 Å². The van der Waals surface area contributed by atoms with Crippen molar-refractivity contribution in [2.24, 2.45) is 0 Å². The Morgan fingerprint density at radius 1 is 0.592 bits per heavy atom. The first-order valence-electron chi connectivity index (χ1n) is 16.5. The molecule has 0 radical (unpaired) electrons. The monoisotopic (exact) mass is 790 g/mol. The third-order valence-corrected chi connectivity index (χ3v) is 29.3. The number of rotatable bonds is 8. The summed E-state index contributed by atoms with van der Waals surface area (Å²) >= 11 is -5.26. The van der Waals surface area contributed by atoms with Gasteiger partial charge in [-0.25, -0.2) is 0 Å². The maximum atomic E-state index is 13.4. The fourth-order valence-electron chi connectivity index (χ4n) is 7.92. The van der Waals surface area contributed by atoms with Crippen molar-refractivity contribution in [3.63, 3.8) is 0 Å². The Bertz CT molecular complexity index is 1890. The minimum absolute atomic E-state index is 0.287. The van der Waals surface area contributed by atoms with Gasteiger partial charge >= 0.3 is 293 Å². The van der Waals surface area contributed by atoms with Gasteiger partial charge in [0.25, 0.3) is 0 Å². The van der Waals surface area contributed by atoms with Crippen molar-refractivity contribution >= 4 is 32.9 Å². The average Bonchev–Trinajstić information content (AvgIpc) is 3.64. The second kappa shape index (κ2) is 13.1. The van der Waals surface area contributed by atoms with Gasteiger partial charge in [-0.15, -0.1) is 0 Å². The standard InChI is InChI=1S/2C19H16F3.C2H4.2ClH.Zr/c2*1-2-4-13-11-15-5-3-6-17(18(15)12-13)14-7-9-16(10-8-14)19(20,21)22;1-2;;;/h2*3,5-12H,2,4H2,1H3;1H,2H3;2*1H;/q;;;;;+2/p-2. The van der Waals surface area contributed by atoms with Crippen LogP contribution in [0.25, 0.3) is 34.4 Å². The second-order valence-corrected chi connectivity index (χ2v) is 34.5. The van der Waals surface area contributed by atoms with E-state index >= 15 is 0 Å². The number of halogens is 8. The van der Waals surface area contributed by atoms with Gasteiger partial charge in [-0.05, 0) is 0 Å². The van der Waals surface area contributed by atoms with Gasteiger partial charge in [-0.2, -0.15) is 0 Å². The molecule has 2 aliphatic rings. The normalized spacial score (nSPS) is 17.8. The fourth-order valence-corrected chi connectivity index (χ4v) is 25.2. The topological polar surface area (TPSA) is 0 Å². The van der Waals surface area contributed by atoms with Gasteiger partial charge in [-0.3, -0.25) is 0 Å². The number of hydrogen-bond acceptors (Lipinski definition) is 0. The summed E-state index contributed by atoms with van der Waals surface area (Å²) in [6, 6.07) is 22.3. The molecule has 0 saturated carbocycles. The predicted octanol–water partition coefficient (Wildman–Crippen LogP) is 14.1. The van der Waals surface area contributed by atoms with Crippen molar-refractivity contribution in [3.8, 4) is 22.3 Å². The maximum absolute atomic E-state index is 13.4. The van der Waals surface area contributed by atoms with E-state index in [-0.39, 0.29) is 7.25 Å². The summed E-state index contributed by atoms with van der Waals surface area (Å²) in [6.07, 6.45) is -1.36. The van der Waals surface area contributed by atoms with E-state index in [2.05, 4.69) is 29.7 Å². The molecule has 6 rings (SSSR count). The van der Waals surface area contributed by atoms with Crippen LogP contribution in [-0.2, 0) is 28.3 Å². The first kappa shape index (κ1) is 36.1. The molecule has 0 fully saturated rings. The van der Waals surface area contributed by atoms with Crippen molar-refractivity contribution in [1.82, 2.24) is 0 Å². The molecular weight excluding hydrogens is 757 g/mol. The van der Waals surface area contributed by atoms with Gasteiger partial charge in [0.05, 0.1) is 0 Å². The van der Waals surface area contributed by atoms with E-state index < -0.39 is 39.4 Å². The summed E-state index contributed by atoms with van der Waals surface area (Å²) in [5.41, 5.74) is 7.66. The van der Waals surface area contributed by atoms with E-state index in [0.717, 1.165) is 94.5 Å². The number of hydrogen-bond donors (Lipinski definition) is 0. The number of benzene rings is 4. The van der Waals surface area contributed by atoms with Gasteiger partial charge in [0, 0.05) is 0 Å². The Hall–Kier alpha value is -2.73. The van der Waals surface area contributed by atoms with Crippen LogP contribution in [0.2, 0.25) is 0 Å². The molecule has 0 saturated heterocycles. The van der Waals surface area contributed by atoms with Gasteiger partial charge in [0.15, 0.2) is 0 Å². The predicted molar refractivity (Wildman–Crippen MR) is 188 cm³/mol. The summed E-state index contributed by atoms with van der Waals surface area (Å²) < 4.78 is 81.8. The van der Waals surface area contributed by atoms with Crippen LogP contribution in [0.1, 0.15) is 87.1 Å². The van der Waals surface area contributed by atoms with E-state index in [9.17, 15) is 26.3 Å². The van der Waals surface area contributed by atoms with Crippen molar-refractivity contribution in [2.45, 2.75) is 66.1 Å². The van der Waals surface area contributed by atoms with Crippen molar-refractivity contribution in [3.05, 3.63) is 129 Å². The van der Waals surface area contributed by atoms with Crippen molar-refractivity contribution in [2.75, 3.05) is 0 Å². The molecule has 0 aliphatic heterocycles. The molecule has 0 bridgehead atoms. The molecule has 0 nitrogen and oxygen atoms in total. The summed E-state index contributed by atoms with van der Waals surface area (Å²) in [6.45, 7) is 6.15. The SMILES string of the molecule is C[CH]=[Zr]([Cl])([Cl])([CH]1C(CCC)=Cc2c(-c3ccc(C(F)(F)F)cc3)cccc21)[CH]1C(CCC)=Cc2c(-c3ccc(C(F)(F)F)cc3)cccc21. The Labute approximate surface area is 291 Å². The molecule has 0 heterocycles. The first-order chi connectivity index (χ1) is 23.1. The van der Waals surface area contributed by atoms with E-state index in [0.29, 0.717) is 11.1 Å². The molecule has 0 aromatic heterocycles. The molecule has 2 aliphatic carbocycles. The summed E-state index contributed by atoms with van der Waals surface area (Å²) in [7, 11) is 16.5. The molecule has 9 heteroatoms. The molecule has 4 aromatic carbocycles. The van der Waals surface area contributed by atoms with Gasteiger partial charge < -0.3 is 0 Å². The van der Waals surface area contributed by atoms with Gasteiger partial charge in [0.2, 0.25) is 0 Å². The van der Waals surface area contributed by atoms with Gasteiger partial charge in [-0.1, -0.05) is 0 Å². The number of fused-ring (bicyclic) bond motifs is 2. The molecule has 0 N–H and O–H groups in total. The molecule has 0 spiro atoms. The molecule has 4 aromatic rings. The summed E-state index contributed by atoms with van der Waals surface area (Å²) in [5.74, 6) is 0. The molecule has 49 heavy (non-hydrogen) atoms. The van der Waals surface area contributed by atoms with E-state index in [4.69, 9.17) is 17.0 Å². The van der Waals surface area contributed by atoms with E-state index in [1.807, 2.05) is 43.3 Å². The summed E-state index contributed by atoms with van der Waals surface area (Å²) in [4.78, 5) is 0. The third-order valence-electron chi connectivity index (χ3n) is 10.1. The van der Waals surface area contributed by atoms with E-state index in [1.54, 1.807) is 0 Å². The molecular formula is C40H36Cl2F6Zr. The van der Waals surface area contributed by atoms with Crippen LogP contribution in [0.3, 0.4) is 0 Å². The number of allylic oxidation sites excluding steroid dienone is 2. The fraction of sp³-hybridized carbons (Fsp3) is 0.275. The third kappa shape index (κ3) is 6.38. The minimum atomic E-state index is -5.26. The Kier molecular flexibility index (Phi) is 9.65. The average molecular weight is 793 g/mol. The zero-order valence-electron chi connectivity index (χ0n) is 27.3. The Morgan fingerprint density at radius 2 is 0.959 bits per heavy atom. The zero-order chi connectivity index (χ0) is 35.4. The van der Waals surface area contributed by atoms with Crippen LogP contribution < -0.4 is 0 Å². The molecule has 256 valence electrons. The van der Waals surface area contributed by atoms with Crippen LogP contribution in [0.15, 0.2) is 96.1 Å². The molecule has 2 atom stereocenters.